The van der Waals surface area contributed by atoms with Crippen LogP contribution in [0.25, 0.3) is 16.7 Å². The van der Waals surface area contributed by atoms with Gasteiger partial charge in [0.05, 0.1) is 23.5 Å². The predicted octanol–water partition coefficient (Wildman–Crippen LogP) is 5.91. The number of benzene rings is 3. The molecule has 6 rings (SSSR count). The van der Waals surface area contributed by atoms with Crippen molar-refractivity contribution in [2.45, 2.75) is 32.7 Å². The number of hydrogen-bond acceptors (Lipinski definition) is 4. The first kappa shape index (κ1) is 26.1. The molecule has 202 valence electrons. The van der Waals surface area contributed by atoms with E-state index in [2.05, 4.69) is 109 Å². The lowest BCUT2D eigenvalue weighted by Crippen LogP contribution is -2.52. The number of nitrogens with zero attached hydrogens (tertiary/aromatic N) is 5. The molecular weight excluding hydrogens is 550 g/mol. The number of carbonyl (C=O) groups is 1. The molecule has 2 aliphatic heterocycles. The van der Waals surface area contributed by atoms with E-state index in [0.717, 1.165) is 92.1 Å². The number of aromatic nitrogens is 2. The van der Waals surface area contributed by atoms with E-state index in [9.17, 15) is 4.79 Å². The quantitative estimate of drug-likeness (QED) is 0.282. The molecule has 2 saturated heterocycles. The number of para-hydroxylation sites is 2. The number of amides is 1. The highest BCUT2D eigenvalue weighted by molar-refractivity contribution is 9.10. The van der Waals surface area contributed by atoms with Crippen molar-refractivity contribution in [3.05, 3.63) is 88.7 Å². The number of imidazole rings is 1. The third-order valence-electron chi connectivity index (χ3n) is 8.24. The second-order valence-corrected chi connectivity index (χ2v) is 11.7. The molecular formula is C32H36BrN5O. The van der Waals surface area contributed by atoms with Crippen LogP contribution in [0.2, 0.25) is 0 Å². The summed E-state index contributed by atoms with van der Waals surface area (Å²) in [7, 11) is 0. The summed E-state index contributed by atoms with van der Waals surface area (Å²) in [5.41, 5.74) is 5.84. The van der Waals surface area contributed by atoms with Crippen molar-refractivity contribution < 1.29 is 4.79 Å². The smallest absolute Gasteiger partial charge is 0.227 e. The molecule has 1 atom stereocenters. The Hall–Kier alpha value is -3.16. The van der Waals surface area contributed by atoms with E-state index in [1.165, 1.54) is 11.3 Å². The van der Waals surface area contributed by atoms with Crippen LogP contribution in [0.4, 0.5) is 5.69 Å². The maximum Gasteiger partial charge on any atom is 0.227 e. The molecule has 3 aromatic carbocycles. The molecule has 0 radical (unpaired) electrons. The minimum Gasteiger partial charge on any atom is -0.368 e. The first-order chi connectivity index (χ1) is 19.1. The molecule has 4 aromatic rings. The van der Waals surface area contributed by atoms with Crippen LogP contribution in [-0.4, -0.2) is 64.5 Å². The Bertz CT molecular complexity index is 1420. The van der Waals surface area contributed by atoms with Crippen LogP contribution < -0.4 is 4.90 Å². The highest BCUT2D eigenvalue weighted by Crippen LogP contribution is 2.27. The van der Waals surface area contributed by atoms with Crippen molar-refractivity contribution in [2.75, 3.05) is 44.2 Å². The number of hydrogen-bond donors (Lipinski definition) is 0. The maximum absolute atomic E-state index is 13.6. The fourth-order valence-corrected chi connectivity index (χ4v) is 6.31. The number of aryl methyl sites for hydroxylation is 1. The van der Waals surface area contributed by atoms with Gasteiger partial charge >= 0.3 is 0 Å². The zero-order valence-corrected chi connectivity index (χ0v) is 24.2. The fraction of sp³-hybridized carbons (Fsp3) is 0.375. The number of rotatable bonds is 6. The molecule has 1 aromatic heterocycles. The molecule has 6 nitrogen and oxygen atoms in total. The topological polar surface area (TPSA) is 44.6 Å². The van der Waals surface area contributed by atoms with Crippen LogP contribution >= 0.6 is 15.9 Å². The van der Waals surface area contributed by atoms with Gasteiger partial charge in [-0.3, -0.25) is 14.3 Å². The summed E-state index contributed by atoms with van der Waals surface area (Å²) in [4.78, 5) is 25.5. The number of likely N-dealkylation sites (tertiary alicyclic amines) is 1. The van der Waals surface area contributed by atoms with Gasteiger partial charge in [-0.2, -0.15) is 0 Å². The third kappa shape index (κ3) is 5.61. The van der Waals surface area contributed by atoms with E-state index in [1.807, 2.05) is 6.07 Å². The standard InChI is InChI=1S/C32H36BrN5O/c1-2-24-9-13-27(14-10-24)36-18-20-37(21-19-36)32(39)25-6-5-17-35(22-25)23-31-34-29-7-3-4-8-30(29)38(31)28-15-11-26(33)12-16-28/h3-4,7-16,25H,2,5-6,17-23H2,1H3/t25-/m0/s1. The van der Waals surface area contributed by atoms with Gasteiger partial charge in [0, 0.05) is 48.6 Å². The number of carbonyl (C=O) groups excluding carboxylic acids is 1. The van der Waals surface area contributed by atoms with Gasteiger partial charge in [0.2, 0.25) is 5.91 Å². The normalized spacial score (nSPS) is 18.6. The number of piperazine rings is 1. The zero-order valence-electron chi connectivity index (χ0n) is 22.6. The van der Waals surface area contributed by atoms with Gasteiger partial charge in [0.1, 0.15) is 5.82 Å². The lowest BCUT2D eigenvalue weighted by Gasteiger charge is -2.39. The molecule has 0 aliphatic carbocycles. The highest BCUT2D eigenvalue weighted by Gasteiger charge is 2.31. The van der Waals surface area contributed by atoms with Gasteiger partial charge in [-0.05, 0) is 79.9 Å². The van der Waals surface area contributed by atoms with E-state index < -0.39 is 0 Å². The molecule has 2 aliphatic rings. The van der Waals surface area contributed by atoms with Gasteiger partial charge in [0.15, 0.2) is 0 Å². The minimum absolute atomic E-state index is 0.0552. The highest BCUT2D eigenvalue weighted by atomic mass is 79.9. The van der Waals surface area contributed by atoms with Crippen molar-refractivity contribution in [3.63, 3.8) is 0 Å². The number of halogens is 1. The first-order valence-electron chi connectivity index (χ1n) is 14.2. The van der Waals surface area contributed by atoms with Crippen LogP contribution in [0, 0.1) is 5.92 Å². The van der Waals surface area contributed by atoms with Gasteiger partial charge in [-0.25, -0.2) is 4.98 Å². The van der Waals surface area contributed by atoms with Crippen molar-refractivity contribution in [1.29, 1.82) is 0 Å². The Balaban J connectivity index is 1.12. The first-order valence-corrected chi connectivity index (χ1v) is 15.0. The van der Waals surface area contributed by atoms with Crippen LogP contribution in [0.15, 0.2) is 77.3 Å². The van der Waals surface area contributed by atoms with E-state index >= 15 is 0 Å². The van der Waals surface area contributed by atoms with Crippen LogP contribution in [-0.2, 0) is 17.8 Å². The molecule has 0 spiro atoms. The van der Waals surface area contributed by atoms with Crippen molar-refractivity contribution in [3.8, 4) is 5.69 Å². The molecule has 0 saturated carbocycles. The number of fused-ring (bicyclic) bond motifs is 1. The number of piperidine rings is 1. The van der Waals surface area contributed by atoms with E-state index in [-0.39, 0.29) is 5.92 Å². The molecule has 0 N–H and O–H groups in total. The van der Waals surface area contributed by atoms with E-state index in [1.54, 1.807) is 0 Å². The summed E-state index contributed by atoms with van der Waals surface area (Å²) < 4.78 is 3.32. The minimum atomic E-state index is 0.0552. The van der Waals surface area contributed by atoms with Gasteiger partial charge in [-0.15, -0.1) is 0 Å². The molecule has 7 heteroatoms. The monoisotopic (exact) mass is 585 g/mol. The Morgan fingerprint density at radius 3 is 2.36 bits per heavy atom. The summed E-state index contributed by atoms with van der Waals surface area (Å²) >= 11 is 3.56. The third-order valence-corrected chi connectivity index (χ3v) is 8.76. The van der Waals surface area contributed by atoms with Crippen molar-refractivity contribution >= 4 is 38.6 Å². The van der Waals surface area contributed by atoms with Crippen molar-refractivity contribution in [1.82, 2.24) is 19.4 Å². The second kappa shape index (κ2) is 11.5. The Kier molecular flexibility index (Phi) is 7.71. The van der Waals surface area contributed by atoms with E-state index in [0.29, 0.717) is 5.91 Å². The summed E-state index contributed by atoms with van der Waals surface area (Å²) in [5, 5.41) is 0. The van der Waals surface area contributed by atoms with Gasteiger partial charge in [0.25, 0.3) is 0 Å². The molecule has 2 fully saturated rings. The van der Waals surface area contributed by atoms with Crippen LogP contribution in [0.1, 0.15) is 31.2 Å². The Labute approximate surface area is 239 Å². The maximum atomic E-state index is 13.6. The van der Waals surface area contributed by atoms with Crippen LogP contribution in [0.3, 0.4) is 0 Å². The molecule has 0 unspecified atom stereocenters. The Morgan fingerprint density at radius 1 is 0.897 bits per heavy atom. The average molecular weight is 587 g/mol. The zero-order chi connectivity index (χ0) is 26.8. The molecule has 0 bridgehead atoms. The predicted molar refractivity (Wildman–Crippen MR) is 161 cm³/mol. The molecule has 39 heavy (non-hydrogen) atoms. The lowest BCUT2D eigenvalue weighted by molar-refractivity contribution is -0.137. The van der Waals surface area contributed by atoms with Gasteiger partial charge < -0.3 is 9.80 Å². The summed E-state index contributed by atoms with van der Waals surface area (Å²) in [6.07, 6.45) is 3.07. The SMILES string of the molecule is CCc1ccc(N2CCN(C(=O)[C@H]3CCCN(Cc4nc5ccccc5n4-c4ccc(Br)cc4)C3)CC2)cc1. The second-order valence-electron chi connectivity index (χ2n) is 10.7. The fourth-order valence-electron chi connectivity index (χ4n) is 6.05. The number of anilines is 1. The lowest BCUT2D eigenvalue weighted by atomic mass is 9.96. The average Bonchev–Trinajstić information content (AvgIpc) is 3.35. The summed E-state index contributed by atoms with van der Waals surface area (Å²) in [6.45, 7) is 8.08. The van der Waals surface area contributed by atoms with Gasteiger partial charge in [-0.1, -0.05) is 47.1 Å². The molecule has 3 heterocycles. The van der Waals surface area contributed by atoms with E-state index in [4.69, 9.17) is 4.98 Å². The molecule has 1 amide bonds. The summed E-state index contributed by atoms with van der Waals surface area (Å²) in [6, 6.07) is 25.6. The van der Waals surface area contributed by atoms with Crippen molar-refractivity contribution in [2.24, 2.45) is 5.92 Å². The van der Waals surface area contributed by atoms with Crippen LogP contribution in [0.5, 0.6) is 0 Å². The Morgan fingerprint density at radius 2 is 1.62 bits per heavy atom. The largest absolute Gasteiger partial charge is 0.368 e. The summed E-state index contributed by atoms with van der Waals surface area (Å²) in [5.74, 6) is 1.40.